The van der Waals surface area contributed by atoms with Crippen LogP contribution >= 0.6 is 11.6 Å². The van der Waals surface area contributed by atoms with E-state index in [4.69, 9.17) is 17.3 Å². The molecule has 2 N–H and O–H groups in total. The summed E-state index contributed by atoms with van der Waals surface area (Å²) in [5.74, 6) is -1.26. The lowest BCUT2D eigenvalue weighted by atomic mass is 10.1. The van der Waals surface area contributed by atoms with Gasteiger partial charge in [0.05, 0.1) is 16.1 Å². The van der Waals surface area contributed by atoms with Gasteiger partial charge in [0.2, 0.25) is 0 Å². The van der Waals surface area contributed by atoms with E-state index in [-0.39, 0.29) is 22.8 Å². The first-order chi connectivity index (χ1) is 11.0. The number of hydrogen-bond donors (Lipinski definition) is 1. The second-order valence-electron chi connectivity index (χ2n) is 5.02. The van der Waals surface area contributed by atoms with Crippen molar-refractivity contribution in [1.82, 2.24) is 4.57 Å². The number of halogens is 2. The van der Waals surface area contributed by atoms with Crippen LogP contribution in [0.5, 0.6) is 0 Å². The third-order valence-corrected chi connectivity index (χ3v) is 4.10. The molecule has 0 radical (unpaired) electrons. The lowest BCUT2D eigenvalue weighted by Crippen LogP contribution is -2.19. The topological polar surface area (TPSA) is 71.8 Å². The number of benzene rings is 2. The molecule has 0 aliphatic carbocycles. The van der Waals surface area contributed by atoms with Gasteiger partial charge in [0.25, 0.3) is 5.91 Å². The fourth-order valence-corrected chi connectivity index (χ4v) is 2.86. The molecule has 23 heavy (non-hydrogen) atoms. The molecule has 3 aromatic rings. The predicted octanol–water partition coefficient (Wildman–Crippen LogP) is 3.45. The molecule has 0 unspecified atom stereocenters. The Morgan fingerprint density at radius 1 is 1.26 bits per heavy atom. The zero-order chi connectivity index (χ0) is 16.6. The van der Waals surface area contributed by atoms with Gasteiger partial charge in [0.15, 0.2) is 0 Å². The van der Waals surface area contributed by atoms with Gasteiger partial charge in [-0.2, -0.15) is 5.26 Å². The molecule has 0 atom stereocenters. The van der Waals surface area contributed by atoms with Crippen LogP contribution in [0.15, 0.2) is 42.5 Å². The van der Waals surface area contributed by atoms with Crippen molar-refractivity contribution in [1.29, 1.82) is 5.26 Å². The Kier molecular flexibility index (Phi) is 3.77. The van der Waals surface area contributed by atoms with Crippen molar-refractivity contribution in [2.24, 2.45) is 5.73 Å². The summed E-state index contributed by atoms with van der Waals surface area (Å²) in [5.41, 5.74) is 6.92. The molecule has 0 aliphatic heterocycles. The summed E-state index contributed by atoms with van der Waals surface area (Å²) < 4.78 is 15.2. The zero-order valence-electron chi connectivity index (χ0n) is 11.9. The van der Waals surface area contributed by atoms with Crippen molar-refractivity contribution in [3.63, 3.8) is 0 Å². The Bertz CT molecular complexity index is 972. The van der Waals surface area contributed by atoms with E-state index in [1.54, 1.807) is 34.9 Å². The maximum Gasteiger partial charge on any atom is 0.266 e. The molecule has 114 valence electrons. The van der Waals surface area contributed by atoms with Gasteiger partial charge in [-0.25, -0.2) is 4.39 Å². The van der Waals surface area contributed by atoms with Gasteiger partial charge >= 0.3 is 0 Å². The number of amides is 1. The normalized spacial score (nSPS) is 10.7. The molecule has 0 fully saturated rings. The number of nitrogens with zero attached hydrogens (tertiary/aromatic N) is 2. The smallest absolute Gasteiger partial charge is 0.266 e. The number of nitriles is 1. The average Bonchev–Trinajstić information content (AvgIpc) is 2.86. The maximum atomic E-state index is 13.6. The predicted molar refractivity (Wildman–Crippen MR) is 85.7 cm³/mol. The molecule has 2 aromatic carbocycles. The zero-order valence-corrected chi connectivity index (χ0v) is 12.6. The molecule has 0 saturated carbocycles. The lowest BCUT2D eigenvalue weighted by molar-refractivity contribution is 0.0992. The first kappa shape index (κ1) is 15.1. The van der Waals surface area contributed by atoms with Crippen LogP contribution in [0.4, 0.5) is 4.39 Å². The van der Waals surface area contributed by atoms with E-state index in [1.807, 2.05) is 6.07 Å². The fraction of sp³-hybridized carbons (Fsp3) is 0.0588. The number of carbonyl (C=O) groups is 1. The molecule has 0 bridgehead atoms. The SMILES string of the molecule is N#Cc1c(C(N)=O)n(Cc2cccc(F)c2Cl)c2ccccc12. The van der Waals surface area contributed by atoms with Crippen LogP contribution in [0.1, 0.15) is 21.6 Å². The van der Waals surface area contributed by atoms with Crippen molar-refractivity contribution in [2.75, 3.05) is 0 Å². The fourth-order valence-electron chi connectivity index (χ4n) is 2.68. The molecular formula is C17H11ClFN3O. The van der Waals surface area contributed by atoms with Crippen molar-refractivity contribution in [2.45, 2.75) is 6.54 Å². The van der Waals surface area contributed by atoms with Gasteiger partial charge in [0.1, 0.15) is 17.6 Å². The largest absolute Gasteiger partial charge is 0.364 e. The Balaban J connectivity index is 2.28. The molecule has 3 rings (SSSR count). The minimum atomic E-state index is -0.717. The second kappa shape index (κ2) is 5.75. The summed E-state index contributed by atoms with van der Waals surface area (Å²) in [6, 6.07) is 13.6. The minimum absolute atomic E-state index is 0.0146. The summed E-state index contributed by atoms with van der Waals surface area (Å²) in [4.78, 5) is 11.9. The number of fused-ring (bicyclic) bond motifs is 1. The molecule has 1 heterocycles. The highest BCUT2D eigenvalue weighted by atomic mass is 35.5. The maximum absolute atomic E-state index is 13.6. The number of primary amides is 1. The quantitative estimate of drug-likeness (QED) is 0.800. The van der Waals surface area contributed by atoms with Crippen LogP contribution < -0.4 is 5.73 Å². The van der Waals surface area contributed by atoms with Crippen LogP contribution in [0.25, 0.3) is 10.9 Å². The summed E-state index contributed by atoms with van der Waals surface area (Å²) in [6.45, 7) is 0.136. The highest BCUT2D eigenvalue weighted by Crippen LogP contribution is 2.28. The monoisotopic (exact) mass is 327 g/mol. The Morgan fingerprint density at radius 2 is 2.00 bits per heavy atom. The van der Waals surface area contributed by atoms with Gasteiger partial charge in [-0.1, -0.05) is 41.9 Å². The Labute approximate surface area is 136 Å². The number of carbonyl (C=O) groups excluding carboxylic acids is 1. The van der Waals surface area contributed by atoms with Crippen LogP contribution in [-0.2, 0) is 6.54 Å². The number of para-hydroxylation sites is 1. The summed E-state index contributed by atoms with van der Waals surface area (Å²) >= 11 is 6.00. The van der Waals surface area contributed by atoms with Gasteiger partial charge in [-0.3, -0.25) is 4.79 Å². The number of aromatic nitrogens is 1. The van der Waals surface area contributed by atoms with E-state index in [0.29, 0.717) is 16.5 Å². The molecular weight excluding hydrogens is 317 g/mol. The highest BCUT2D eigenvalue weighted by Gasteiger charge is 2.21. The second-order valence-corrected chi connectivity index (χ2v) is 5.39. The van der Waals surface area contributed by atoms with Crippen LogP contribution in [0, 0.1) is 17.1 Å². The van der Waals surface area contributed by atoms with E-state index in [2.05, 4.69) is 0 Å². The van der Waals surface area contributed by atoms with Crippen molar-refractivity contribution in [3.05, 3.63) is 70.1 Å². The van der Waals surface area contributed by atoms with Crippen molar-refractivity contribution in [3.8, 4) is 6.07 Å². The highest BCUT2D eigenvalue weighted by molar-refractivity contribution is 6.31. The Hall–Kier alpha value is -2.84. The molecule has 0 spiro atoms. The van der Waals surface area contributed by atoms with E-state index < -0.39 is 11.7 Å². The average molecular weight is 328 g/mol. The lowest BCUT2D eigenvalue weighted by Gasteiger charge is -2.11. The van der Waals surface area contributed by atoms with Crippen molar-refractivity contribution < 1.29 is 9.18 Å². The molecule has 0 saturated heterocycles. The van der Waals surface area contributed by atoms with Gasteiger partial charge < -0.3 is 10.3 Å². The van der Waals surface area contributed by atoms with E-state index in [1.165, 1.54) is 12.1 Å². The van der Waals surface area contributed by atoms with E-state index >= 15 is 0 Å². The van der Waals surface area contributed by atoms with Crippen LogP contribution in [0.3, 0.4) is 0 Å². The molecule has 0 aliphatic rings. The number of nitrogens with two attached hydrogens (primary N) is 1. The van der Waals surface area contributed by atoms with Crippen LogP contribution in [0.2, 0.25) is 5.02 Å². The first-order valence-electron chi connectivity index (χ1n) is 6.78. The van der Waals surface area contributed by atoms with Gasteiger partial charge in [-0.15, -0.1) is 0 Å². The summed E-state index contributed by atoms with van der Waals surface area (Å²) in [7, 11) is 0. The van der Waals surface area contributed by atoms with Gasteiger partial charge in [-0.05, 0) is 17.7 Å². The van der Waals surface area contributed by atoms with E-state index in [0.717, 1.165) is 0 Å². The third-order valence-electron chi connectivity index (χ3n) is 3.68. The third kappa shape index (κ3) is 2.43. The summed E-state index contributed by atoms with van der Waals surface area (Å²) in [6.07, 6.45) is 0. The molecule has 4 nitrogen and oxygen atoms in total. The standard InChI is InChI=1S/C17H11ClFN3O/c18-15-10(4-3-6-13(15)19)9-22-14-7-2-1-5-11(14)12(8-20)16(22)17(21)23/h1-7H,9H2,(H2,21,23). The van der Waals surface area contributed by atoms with Crippen molar-refractivity contribution >= 4 is 28.4 Å². The van der Waals surface area contributed by atoms with Gasteiger partial charge in [0, 0.05) is 11.9 Å². The van der Waals surface area contributed by atoms with Crippen LogP contribution in [-0.4, -0.2) is 10.5 Å². The Morgan fingerprint density at radius 3 is 2.70 bits per heavy atom. The minimum Gasteiger partial charge on any atom is -0.364 e. The first-order valence-corrected chi connectivity index (χ1v) is 7.16. The molecule has 6 heteroatoms. The molecule has 1 aromatic heterocycles. The van der Waals surface area contributed by atoms with E-state index in [9.17, 15) is 14.4 Å². The number of rotatable bonds is 3. The number of hydrogen-bond acceptors (Lipinski definition) is 2. The molecule has 1 amide bonds. The summed E-state index contributed by atoms with van der Waals surface area (Å²) in [5, 5.41) is 9.99.